The predicted octanol–water partition coefficient (Wildman–Crippen LogP) is 11.3. The quantitative estimate of drug-likeness (QED) is 0.194. The van der Waals surface area contributed by atoms with Crippen LogP contribution in [0.25, 0.3) is 89.1 Å². The lowest BCUT2D eigenvalue weighted by Crippen LogP contribution is -2.00. The van der Waals surface area contributed by atoms with Gasteiger partial charge in [-0.1, -0.05) is 133 Å². The van der Waals surface area contributed by atoms with E-state index in [-0.39, 0.29) is 41.1 Å². The molecule has 0 unspecified atom stereocenters. The first-order valence-electron chi connectivity index (χ1n) is 19.9. The van der Waals surface area contributed by atoms with Gasteiger partial charge >= 0.3 is 0 Å². The van der Waals surface area contributed by atoms with Crippen LogP contribution in [0.15, 0.2) is 168 Å². The van der Waals surface area contributed by atoms with Gasteiger partial charge in [-0.15, -0.1) is 0 Å². The molecule has 0 amide bonds. The van der Waals surface area contributed by atoms with Gasteiger partial charge < -0.3 is 4.42 Å². The first-order chi connectivity index (χ1) is 27.4. The van der Waals surface area contributed by atoms with Crippen molar-refractivity contribution in [2.45, 2.75) is 0 Å². The van der Waals surface area contributed by atoms with Crippen LogP contribution in [-0.2, 0) is 0 Å². The van der Waals surface area contributed by atoms with Crippen LogP contribution < -0.4 is 0 Å². The van der Waals surface area contributed by atoms with Crippen molar-refractivity contribution in [3.63, 3.8) is 0 Å². The van der Waals surface area contributed by atoms with Crippen LogP contribution in [0.1, 0.15) is 13.7 Å². The minimum absolute atomic E-state index is 0.0136. The molecule has 2 heterocycles. The fraction of sp³-hybridized carbons (Fsp3) is 0. The van der Waals surface area contributed by atoms with E-state index >= 15 is 0 Å². The molecule has 0 aliphatic rings. The maximum absolute atomic E-state index is 8.75. The van der Waals surface area contributed by atoms with Gasteiger partial charge in [-0.2, -0.15) is 0 Å². The number of rotatable bonds is 5. The number of hydrogen-bond acceptors (Lipinski definition) is 4. The van der Waals surface area contributed by atoms with Crippen LogP contribution in [0.2, 0.25) is 0 Å². The smallest absolute Gasteiger partial charge is 0.164 e. The van der Waals surface area contributed by atoms with Crippen molar-refractivity contribution in [2.24, 2.45) is 0 Å². The molecular formula is C43H27N3O. The van der Waals surface area contributed by atoms with E-state index in [1.807, 2.05) is 78.9 Å². The van der Waals surface area contributed by atoms with Gasteiger partial charge in [-0.05, 0) is 63.4 Å². The number of aromatic nitrogens is 3. The molecule has 0 bridgehead atoms. The topological polar surface area (TPSA) is 51.8 Å². The second-order valence-electron chi connectivity index (χ2n) is 10.9. The van der Waals surface area contributed by atoms with E-state index in [2.05, 4.69) is 0 Å². The summed E-state index contributed by atoms with van der Waals surface area (Å²) in [6.45, 7) is 0. The molecule has 9 aromatic rings. The molecule has 220 valence electrons. The van der Waals surface area contributed by atoms with Crippen LogP contribution in [0.4, 0.5) is 0 Å². The summed E-state index contributed by atoms with van der Waals surface area (Å²) in [6.07, 6.45) is 0. The summed E-state index contributed by atoms with van der Waals surface area (Å²) in [5.74, 6) is 0.979. The van der Waals surface area contributed by atoms with E-state index < -0.39 is 36.3 Å². The molecule has 0 saturated heterocycles. The third-order valence-corrected chi connectivity index (χ3v) is 8.06. The zero-order valence-corrected chi connectivity index (χ0v) is 24.6. The van der Waals surface area contributed by atoms with Gasteiger partial charge in [0.05, 0.1) is 13.7 Å². The average Bonchev–Trinajstić information content (AvgIpc) is 3.62. The van der Waals surface area contributed by atoms with Crippen molar-refractivity contribution < 1.29 is 18.1 Å². The van der Waals surface area contributed by atoms with Crippen molar-refractivity contribution in [1.82, 2.24) is 15.0 Å². The molecule has 47 heavy (non-hydrogen) atoms. The lowest BCUT2D eigenvalue weighted by molar-refractivity contribution is 0.669. The third-order valence-electron chi connectivity index (χ3n) is 8.06. The van der Waals surface area contributed by atoms with Crippen LogP contribution >= 0.6 is 0 Å². The van der Waals surface area contributed by atoms with Gasteiger partial charge in [0.2, 0.25) is 0 Å². The van der Waals surface area contributed by atoms with E-state index in [0.29, 0.717) is 50.5 Å². The number of hydrogen-bond donors (Lipinski definition) is 0. The SMILES string of the molecule is [2H]c1c([2H])c([2H])c(-c2ccc3cc(-c4nc(-c5ccccc5)nc(-c5cc(-c6c([2H])c([2H])c([2H])c([2H])c6[2H])cc6oc7ccccc7c56)n4)ccc3c2)c([2H])c1[2H]. The van der Waals surface area contributed by atoms with Crippen LogP contribution in [0, 0.1) is 0 Å². The standard InChI is InChI=1S/C43H27N3O/c1-4-12-28(13-5-1)31-20-21-33-25-34(23-22-32(33)24-31)42-44-41(30-16-8-3-9-17-30)45-43(46-42)37-26-35(29-14-6-2-7-15-29)27-39-40(37)36-18-10-11-19-38(36)47-39/h1-27H/i1D,2D,4D,5D,6D,7D,12D,13D,14D,15D. The number of furan rings is 1. The first-order valence-corrected chi connectivity index (χ1v) is 14.9. The van der Waals surface area contributed by atoms with Crippen molar-refractivity contribution in [3.05, 3.63) is 164 Å². The van der Waals surface area contributed by atoms with Gasteiger partial charge in [0.25, 0.3) is 0 Å². The Bertz CT molecular complexity index is 3090. The maximum atomic E-state index is 8.75. The molecule has 0 aliphatic carbocycles. The van der Waals surface area contributed by atoms with Crippen LogP contribution in [0.5, 0.6) is 0 Å². The second-order valence-corrected chi connectivity index (χ2v) is 10.9. The van der Waals surface area contributed by atoms with Crippen molar-refractivity contribution in [2.75, 3.05) is 0 Å². The van der Waals surface area contributed by atoms with Crippen LogP contribution in [-0.4, -0.2) is 15.0 Å². The normalized spacial score (nSPS) is 14.4. The molecule has 2 aromatic heterocycles. The first kappa shape index (κ1) is 18.5. The molecule has 9 rings (SSSR count). The van der Waals surface area contributed by atoms with Gasteiger partial charge in [0.1, 0.15) is 11.2 Å². The summed E-state index contributed by atoms with van der Waals surface area (Å²) in [5.41, 5.74) is 3.82. The Morgan fingerprint density at radius 2 is 1.02 bits per heavy atom. The highest BCUT2D eigenvalue weighted by Gasteiger charge is 2.19. The van der Waals surface area contributed by atoms with Gasteiger partial charge in [0.15, 0.2) is 17.5 Å². The Morgan fingerprint density at radius 3 is 1.77 bits per heavy atom. The highest BCUT2D eigenvalue weighted by atomic mass is 16.3. The minimum atomic E-state index is -0.492. The Balaban J connectivity index is 1.27. The lowest BCUT2D eigenvalue weighted by Gasteiger charge is -2.12. The molecule has 0 saturated carbocycles. The van der Waals surface area contributed by atoms with E-state index in [4.69, 9.17) is 33.1 Å². The Morgan fingerprint density at radius 1 is 0.426 bits per heavy atom. The van der Waals surface area contributed by atoms with E-state index in [1.165, 1.54) is 0 Å². The Hall–Kier alpha value is -6.39. The summed E-state index contributed by atoms with van der Waals surface area (Å²) < 4.78 is 89.8. The predicted molar refractivity (Wildman–Crippen MR) is 192 cm³/mol. The van der Waals surface area contributed by atoms with E-state index in [1.54, 1.807) is 24.3 Å². The summed E-state index contributed by atoms with van der Waals surface area (Å²) in [7, 11) is 0. The lowest BCUT2D eigenvalue weighted by atomic mass is 9.98. The molecule has 0 atom stereocenters. The van der Waals surface area contributed by atoms with Gasteiger partial charge in [-0.3, -0.25) is 0 Å². The van der Waals surface area contributed by atoms with Crippen molar-refractivity contribution >= 4 is 32.7 Å². The summed E-state index contributed by atoms with van der Waals surface area (Å²) in [6, 6.07) is 27.3. The number of para-hydroxylation sites is 1. The number of nitrogens with zero attached hydrogens (tertiary/aromatic N) is 3. The molecule has 0 fully saturated rings. The van der Waals surface area contributed by atoms with Gasteiger partial charge in [0, 0.05) is 27.5 Å². The summed E-state index contributed by atoms with van der Waals surface area (Å²) in [4.78, 5) is 14.9. The molecular weight excluding hydrogens is 574 g/mol. The molecule has 0 radical (unpaired) electrons. The van der Waals surface area contributed by atoms with Gasteiger partial charge in [-0.25, -0.2) is 15.0 Å². The average molecular weight is 612 g/mol. The molecule has 0 aliphatic heterocycles. The Labute approximate surface area is 285 Å². The molecule has 4 nitrogen and oxygen atoms in total. The highest BCUT2D eigenvalue weighted by molar-refractivity contribution is 6.13. The minimum Gasteiger partial charge on any atom is -0.456 e. The largest absolute Gasteiger partial charge is 0.456 e. The van der Waals surface area contributed by atoms with E-state index in [9.17, 15) is 0 Å². The summed E-state index contributed by atoms with van der Waals surface area (Å²) in [5, 5.41) is 3.01. The second kappa shape index (κ2) is 11.2. The van der Waals surface area contributed by atoms with Crippen molar-refractivity contribution in [1.29, 1.82) is 0 Å². The summed E-state index contributed by atoms with van der Waals surface area (Å²) >= 11 is 0. The zero-order chi connectivity index (χ0) is 39.9. The molecule has 0 N–H and O–H groups in total. The third kappa shape index (κ3) is 4.93. The maximum Gasteiger partial charge on any atom is 0.164 e. The number of benzene rings is 7. The zero-order valence-electron chi connectivity index (χ0n) is 34.6. The molecule has 4 heteroatoms. The molecule has 0 spiro atoms. The monoisotopic (exact) mass is 611 g/mol. The molecule has 7 aromatic carbocycles. The van der Waals surface area contributed by atoms with Crippen molar-refractivity contribution in [3.8, 4) is 56.4 Å². The van der Waals surface area contributed by atoms with Crippen LogP contribution in [0.3, 0.4) is 0 Å². The Kier molecular flexibility index (Phi) is 4.42. The van der Waals surface area contributed by atoms with E-state index in [0.717, 1.165) is 21.7 Å². The highest BCUT2D eigenvalue weighted by Crippen LogP contribution is 2.40. The fourth-order valence-electron chi connectivity index (χ4n) is 5.85. The fourth-order valence-corrected chi connectivity index (χ4v) is 5.85. The number of fused-ring (bicyclic) bond motifs is 4.